The van der Waals surface area contributed by atoms with Crippen molar-refractivity contribution in [2.24, 2.45) is 0 Å². The number of fused-ring (bicyclic) bond motifs is 3. The van der Waals surface area contributed by atoms with Gasteiger partial charge in [-0.25, -0.2) is 22.6 Å². The van der Waals surface area contributed by atoms with Gasteiger partial charge in [-0.1, -0.05) is 36.4 Å². The zero-order valence-electron chi connectivity index (χ0n) is 18.8. The number of sulfonamides is 1. The molecule has 0 amide bonds. The van der Waals surface area contributed by atoms with Crippen LogP contribution in [0.2, 0.25) is 0 Å². The minimum atomic E-state index is -3.74. The van der Waals surface area contributed by atoms with Gasteiger partial charge in [0, 0.05) is 28.9 Å². The molecule has 7 nitrogen and oxygen atoms in total. The maximum Gasteiger partial charge on any atom is 0.356 e. The first kappa shape index (κ1) is 22.5. The molecule has 0 aliphatic rings. The van der Waals surface area contributed by atoms with Crippen LogP contribution in [0.3, 0.4) is 0 Å². The molecular formula is C26H20FN3O4S. The van der Waals surface area contributed by atoms with Gasteiger partial charge in [0.05, 0.1) is 28.9 Å². The fourth-order valence-corrected chi connectivity index (χ4v) is 5.26. The van der Waals surface area contributed by atoms with Crippen LogP contribution in [0, 0.1) is 5.82 Å². The molecular weight excluding hydrogens is 469 g/mol. The van der Waals surface area contributed by atoms with Crippen molar-refractivity contribution in [2.45, 2.75) is 4.90 Å². The molecule has 0 saturated heterocycles. The van der Waals surface area contributed by atoms with Crippen LogP contribution >= 0.6 is 0 Å². The third kappa shape index (κ3) is 3.79. The summed E-state index contributed by atoms with van der Waals surface area (Å²) in [6.45, 7) is 0. The summed E-state index contributed by atoms with van der Waals surface area (Å²) in [5.41, 5.74) is 2.62. The fraction of sp³-hybridized carbons (Fsp3) is 0.0769. The summed E-state index contributed by atoms with van der Waals surface area (Å²) in [4.78, 5) is 20.2. The van der Waals surface area contributed by atoms with Crippen LogP contribution in [0.25, 0.3) is 33.1 Å². The summed E-state index contributed by atoms with van der Waals surface area (Å²) in [6.07, 6.45) is 0. The van der Waals surface area contributed by atoms with Crippen molar-refractivity contribution in [2.75, 3.05) is 18.5 Å². The highest BCUT2D eigenvalue weighted by Gasteiger charge is 2.22. The third-order valence-electron chi connectivity index (χ3n) is 5.86. The Kier molecular flexibility index (Phi) is 5.49. The standard InChI is InChI=1S/C26H20FN3O4S/c1-30(35(32,33)18-7-4-3-5-8-18)17-13-11-16(12-14-17)24-25-19(15-22(29-24)26(31)34-2)23-20(27)9-6-10-21(23)28-25/h3-15,28H,1-2H3. The van der Waals surface area contributed by atoms with E-state index in [0.717, 1.165) is 0 Å². The van der Waals surface area contributed by atoms with Crippen LogP contribution in [-0.4, -0.2) is 38.5 Å². The lowest BCUT2D eigenvalue weighted by Gasteiger charge is -2.20. The average molecular weight is 490 g/mol. The smallest absolute Gasteiger partial charge is 0.356 e. The van der Waals surface area contributed by atoms with Crippen molar-refractivity contribution in [1.82, 2.24) is 9.97 Å². The second-order valence-electron chi connectivity index (χ2n) is 7.89. The topological polar surface area (TPSA) is 92.4 Å². The number of benzene rings is 3. The number of hydrogen-bond donors (Lipinski definition) is 1. The summed E-state index contributed by atoms with van der Waals surface area (Å²) in [7, 11) is -1.01. The number of H-pyrrole nitrogens is 1. The number of aromatic amines is 1. The molecule has 2 heterocycles. The molecule has 0 radical (unpaired) electrons. The summed E-state index contributed by atoms with van der Waals surface area (Å²) >= 11 is 0. The zero-order valence-corrected chi connectivity index (χ0v) is 19.6. The maximum absolute atomic E-state index is 14.7. The predicted octanol–water partition coefficient (Wildman–Crippen LogP) is 5.13. The van der Waals surface area contributed by atoms with E-state index >= 15 is 0 Å². The summed E-state index contributed by atoms with van der Waals surface area (Å²) in [5, 5.41) is 0.845. The number of anilines is 1. The molecule has 3 aromatic carbocycles. The van der Waals surface area contributed by atoms with Gasteiger partial charge >= 0.3 is 5.97 Å². The number of carbonyl (C=O) groups excluding carboxylic acids is 1. The van der Waals surface area contributed by atoms with Crippen molar-refractivity contribution in [3.05, 3.63) is 90.4 Å². The second-order valence-corrected chi connectivity index (χ2v) is 9.86. The van der Waals surface area contributed by atoms with E-state index in [-0.39, 0.29) is 10.6 Å². The molecule has 5 rings (SSSR count). The second kappa shape index (κ2) is 8.52. The molecule has 176 valence electrons. The summed E-state index contributed by atoms with van der Waals surface area (Å²) < 4.78 is 46.6. The number of ether oxygens (including phenoxy) is 1. The first-order valence-corrected chi connectivity index (χ1v) is 12.1. The Hall–Kier alpha value is -4.24. The molecule has 2 aromatic heterocycles. The molecule has 0 aliphatic carbocycles. The van der Waals surface area contributed by atoms with E-state index < -0.39 is 21.8 Å². The van der Waals surface area contributed by atoms with E-state index in [9.17, 15) is 17.6 Å². The van der Waals surface area contributed by atoms with E-state index in [2.05, 4.69) is 9.97 Å². The lowest BCUT2D eigenvalue weighted by atomic mass is 10.1. The van der Waals surface area contributed by atoms with Gasteiger partial charge in [-0.3, -0.25) is 4.31 Å². The molecule has 0 aliphatic heterocycles. The van der Waals surface area contributed by atoms with Crippen LogP contribution < -0.4 is 4.31 Å². The van der Waals surface area contributed by atoms with Crippen LogP contribution in [0.15, 0.2) is 83.8 Å². The molecule has 0 fully saturated rings. The van der Waals surface area contributed by atoms with Gasteiger partial charge in [0.2, 0.25) is 0 Å². The molecule has 5 aromatic rings. The van der Waals surface area contributed by atoms with Crippen molar-refractivity contribution in [3.63, 3.8) is 0 Å². The third-order valence-corrected chi connectivity index (χ3v) is 7.66. The lowest BCUT2D eigenvalue weighted by molar-refractivity contribution is 0.0594. The normalized spacial score (nSPS) is 11.6. The largest absolute Gasteiger partial charge is 0.464 e. The maximum atomic E-state index is 14.7. The van der Waals surface area contributed by atoms with Crippen LogP contribution in [-0.2, 0) is 14.8 Å². The molecule has 1 N–H and O–H groups in total. The van der Waals surface area contributed by atoms with E-state index in [1.807, 2.05) is 0 Å². The van der Waals surface area contributed by atoms with Crippen molar-refractivity contribution >= 4 is 43.5 Å². The van der Waals surface area contributed by atoms with Gasteiger partial charge in [-0.15, -0.1) is 0 Å². The molecule has 0 spiro atoms. The molecule has 35 heavy (non-hydrogen) atoms. The Balaban J connectivity index is 1.63. The first-order chi connectivity index (χ1) is 16.8. The van der Waals surface area contributed by atoms with Gasteiger partial charge in [0.15, 0.2) is 0 Å². The first-order valence-electron chi connectivity index (χ1n) is 10.6. The number of hydrogen-bond acceptors (Lipinski definition) is 5. The predicted molar refractivity (Wildman–Crippen MR) is 132 cm³/mol. The number of esters is 1. The highest BCUT2D eigenvalue weighted by molar-refractivity contribution is 7.92. The Bertz CT molecular complexity index is 1680. The van der Waals surface area contributed by atoms with Crippen molar-refractivity contribution in [1.29, 1.82) is 0 Å². The van der Waals surface area contributed by atoms with Gasteiger partial charge in [-0.05, 0) is 42.5 Å². The number of nitrogens with zero attached hydrogens (tertiary/aromatic N) is 2. The van der Waals surface area contributed by atoms with Crippen LogP contribution in [0.5, 0.6) is 0 Å². The Morgan fingerprint density at radius 2 is 1.71 bits per heavy atom. The molecule has 0 atom stereocenters. The lowest BCUT2D eigenvalue weighted by Crippen LogP contribution is -2.26. The Morgan fingerprint density at radius 3 is 2.40 bits per heavy atom. The van der Waals surface area contributed by atoms with Gasteiger partial charge < -0.3 is 9.72 Å². The molecule has 0 saturated carbocycles. The highest BCUT2D eigenvalue weighted by atomic mass is 32.2. The number of carbonyl (C=O) groups is 1. The molecule has 9 heteroatoms. The van der Waals surface area contributed by atoms with Crippen molar-refractivity contribution < 1.29 is 22.3 Å². The summed E-state index contributed by atoms with van der Waals surface area (Å²) in [6, 6.07) is 21.1. The number of aromatic nitrogens is 2. The van der Waals surface area contributed by atoms with E-state index in [4.69, 9.17) is 4.74 Å². The number of rotatable bonds is 5. The van der Waals surface area contributed by atoms with Crippen LogP contribution in [0.4, 0.5) is 10.1 Å². The Morgan fingerprint density at radius 1 is 1.00 bits per heavy atom. The quantitative estimate of drug-likeness (QED) is 0.346. The SMILES string of the molecule is COC(=O)c1cc2c([nH]c3cccc(F)c32)c(-c2ccc(N(C)S(=O)(=O)c3ccccc3)cc2)n1. The van der Waals surface area contributed by atoms with Crippen LogP contribution in [0.1, 0.15) is 10.5 Å². The summed E-state index contributed by atoms with van der Waals surface area (Å²) in [5.74, 6) is -1.08. The average Bonchev–Trinajstić information content (AvgIpc) is 3.27. The number of nitrogens with one attached hydrogen (secondary N) is 1. The molecule has 0 bridgehead atoms. The van der Waals surface area contributed by atoms with E-state index in [0.29, 0.717) is 38.8 Å². The van der Waals surface area contributed by atoms with Gasteiger partial charge in [0.25, 0.3) is 10.0 Å². The molecule has 0 unspecified atom stereocenters. The number of halogens is 1. The minimum absolute atomic E-state index is 0.0343. The fourth-order valence-electron chi connectivity index (χ4n) is 4.04. The Labute approximate surface area is 200 Å². The monoisotopic (exact) mass is 489 g/mol. The van der Waals surface area contributed by atoms with E-state index in [1.165, 1.54) is 42.7 Å². The van der Waals surface area contributed by atoms with Gasteiger partial charge in [-0.2, -0.15) is 0 Å². The zero-order chi connectivity index (χ0) is 24.7. The number of methoxy groups -OCH3 is 1. The van der Waals surface area contributed by atoms with E-state index in [1.54, 1.807) is 54.6 Å². The number of pyridine rings is 1. The van der Waals surface area contributed by atoms with Gasteiger partial charge in [0.1, 0.15) is 11.5 Å². The highest BCUT2D eigenvalue weighted by Crippen LogP contribution is 2.35. The minimum Gasteiger partial charge on any atom is -0.464 e. The van der Waals surface area contributed by atoms with Crippen molar-refractivity contribution in [3.8, 4) is 11.3 Å².